The fourth-order valence-electron chi connectivity index (χ4n) is 2.39. The second kappa shape index (κ2) is 6.14. The molecule has 1 aromatic heterocycles. The van der Waals surface area contributed by atoms with Crippen LogP contribution in [0.2, 0.25) is 5.02 Å². The van der Waals surface area contributed by atoms with Crippen LogP contribution < -0.4 is 5.32 Å². The van der Waals surface area contributed by atoms with Crippen LogP contribution in [-0.2, 0) is 0 Å². The van der Waals surface area contributed by atoms with E-state index in [9.17, 15) is 0 Å². The molecule has 1 N–H and O–H groups in total. The van der Waals surface area contributed by atoms with Crippen molar-refractivity contribution >= 4 is 33.2 Å². The molecule has 4 heteroatoms. The summed E-state index contributed by atoms with van der Waals surface area (Å²) >= 11 is 7.80. The van der Waals surface area contributed by atoms with Crippen molar-refractivity contribution in [1.29, 1.82) is 0 Å². The lowest BCUT2D eigenvalue weighted by Gasteiger charge is -2.19. The van der Waals surface area contributed by atoms with Gasteiger partial charge in [-0.05, 0) is 43.7 Å². The van der Waals surface area contributed by atoms with Crippen molar-refractivity contribution < 1.29 is 0 Å². The van der Waals surface area contributed by atoms with E-state index in [1.807, 2.05) is 24.3 Å². The maximum absolute atomic E-state index is 6.06. The molecule has 0 bridgehead atoms. The standard InChI is InChI=1S/C17H17ClN2S/c1-11(13-6-5-7-14(18)10-13)19-12(2)17-20-15-8-3-4-9-16(15)21-17/h3-12,19H,1-2H3/t11-,12?/m0/s1. The monoisotopic (exact) mass is 316 g/mol. The Kier molecular flexibility index (Phi) is 4.24. The Morgan fingerprint density at radius 3 is 2.62 bits per heavy atom. The summed E-state index contributed by atoms with van der Waals surface area (Å²) < 4.78 is 1.23. The van der Waals surface area contributed by atoms with Crippen LogP contribution in [0.3, 0.4) is 0 Å². The normalized spacial score (nSPS) is 14.2. The molecule has 108 valence electrons. The van der Waals surface area contributed by atoms with Crippen LogP contribution in [0.25, 0.3) is 10.2 Å². The summed E-state index contributed by atoms with van der Waals surface area (Å²) in [4.78, 5) is 4.71. The lowest BCUT2D eigenvalue weighted by atomic mass is 10.1. The largest absolute Gasteiger partial charge is 0.302 e. The minimum Gasteiger partial charge on any atom is -0.302 e. The molecule has 0 saturated carbocycles. The summed E-state index contributed by atoms with van der Waals surface area (Å²) in [6.45, 7) is 4.30. The van der Waals surface area contributed by atoms with Crippen molar-refractivity contribution in [1.82, 2.24) is 10.3 Å². The molecule has 0 fully saturated rings. The van der Waals surface area contributed by atoms with Gasteiger partial charge in [0, 0.05) is 11.1 Å². The van der Waals surface area contributed by atoms with Crippen molar-refractivity contribution in [2.24, 2.45) is 0 Å². The summed E-state index contributed by atoms with van der Waals surface area (Å²) in [6, 6.07) is 16.7. The number of aromatic nitrogens is 1. The van der Waals surface area contributed by atoms with Crippen LogP contribution in [0.15, 0.2) is 48.5 Å². The van der Waals surface area contributed by atoms with E-state index < -0.39 is 0 Å². The second-order valence-corrected chi connectivity index (χ2v) is 6.68. The van der Waals surface area contributed by atoms with Gasteiger partial charge >= 0.3 is 0 Å². The number of fused-ring (bicyclic) bond motifs is 1. The molecule has 2 nitrogen and oxygen atoms in total. The number of rotatable bonds is 4. The molecule has 0 aliphatic rings. The molecular weight excluding hydrogens is 300 g/mol. The molecule has 21 heavy (non-hydrogen) atoms. The minimum atomic E-state index is 0.205. The lowest BCUT2D eigenvalue weighted by Crippen LogP contribution is -2.22. The quantitative estimate of drug-likeness (QED) is 0.700. The van der Waals surface area contributed by atoms with Crippen molar-refractivity contribution in [3.05, 3.63) is 64.1 Å². The molecule has 3 aromatic rings. The summed E-state index contributed by atoms with van der Waals surface area (Å²) in [5.74, 6) is 0. The zero-order chi connectivity index (χ0) is 14.8. The fraction of sp³-hybridized carbons (Fsp3) is 0.235. The van der Waals surface area contributed by atoms with E-state index in [1.165, 1.54) is 10.3 Å². The summed E-state index contributed by atoms with van der Waals surface area (Å²) in [5.41, 5.74) is 2.26. The highest BCUT2D eigenvalue weighted by atomic mass is 35.5. The molecule has 2 aromatic carbocycles. The maximum Gasteiger partial charge on any atom is 0.111 e. The Bertz CT molecular complexity index is 720. The van der Waals surface area contributed by atoms with E-state index in [0.717, 1.165) is 15.5 Å². The highest BCUT2D eigenvalue weighted by Gasteiger charge is 2.15. The number of para-hydroxylation sites is 1. The highest BCUT2D eigenvalue weighted by molar-refractivity contribution is 7.18. The number of hydrogen-bond donors (Lipinski definition) is 1. The Morgan fingerprint density at radius 2 is 1.86 bits per heavy atom. The Labute approximate surface area is 133 Å². The van der Waals surface area contributed by atoms with Crippen molar-refractivity contribution in [2.45, 2.75) is 25.9 Å². The van der Waals surface area contributed by atoms with Gasteiger partial charge in [0.15, 0.2) is 0 Å². The maximum atomic E-state index is 6.06. The first-order valence-electron chi connectivity index (χ1n) is 7.00. The Balaban J connectivity index is 1.77. The third kappa shape index (κ3) is 3.26. The van der Waals surface area contributed by atoms with Crippen LogP contribution in [0.5, 0.6) is 0 Å². The number of halogens is 1. The highest BCUT2D eigenvalue weighted by Crippen LogP contribution is 2.28. The molecule has 0 spiro atoms. The van der Waals surface area contributed by atoms with Gasteiger partial charge in [-0.1, -0.05) is 35.9 Å². The van der Waals surface area contributed by atoms with Crippen LogP contribution in [0.4, 0.5) is 0 Å². The molecular formula is C17H17ClN2S. The first-order chi connectivity index (χ1) is 10.1. The van der Waals surface area contributed by atoms with Crippen LogP contribution >= 0.6 is 22.9 Å². The molecule has 0 radical (unpaired) electrons. The second-order valence-electron chi connectivity index (χ2n) is 5.18. The van der Waals surface area contributed by atoms with Gasteiger partial charge in [-0.15, -0.1) is 11.3 Å². The van der Waals surface area contributed by atoms with Crippen molar-refractivity contribution in [3.63, 3.8) is 0 Å². The molecule has 0 saturated heterocycles. The number of hydrogen-bond acceptors (Lipinski definition) is 3. The van der Waals surface area contributed by atoms with E-state index in [0.29, 0.717) is 0 Å². The predicted octanol–water partition coefficient (Wildman–Crippen LogP) is 5.36. The van der Waals surface area contributed by atoms with Gasteiger partial charge in [-0.25, -0.2) is 4.98 Å². The first kappa shape index (κ1) is 14.5. The first-order valence-corrected chi connectivity index (χ1v) is 8.20. The Morgan fingerprint density at radius 1 is 1.05 bits per heavy atom. The van der Waals surface area contributed by atoms with Gasteiger partial charge in [0.2, 0.25) is 0 Å². The van der Waals surface area contributed by atoms with Gasteiger partial charge in [0.05, 0.1) is 16.3 Å². The number of nitrogens with zero attached hydrogens (tertiary/aromatic N) is 1. The van der Waals surface area contributed by atoms with Gasteiger partial charge < -0.3 is 5.32 Å². The van der Waals surface area contributed by atoms with Crippen LogP contribution in [0.1, 0.15) is 36.5 Å². The topological polar surface area (TPSA) is 24.9 Å². The fourth-order valence-corrected chi connectivity index (χ4v) is 3.57. The molecule has 1 unspecified atom stereocenters. The molecule has 1 heterocycles. The van der Waals surface area contributed by atoms with Crippen LogP contribution in [0, 0.1) is 0 Å². The average molecular weight is 317 g/mol. The lowest BCUT2D eigenvalue weighted by molar-refractivity contribution is 0.493. The van der Waals surface area contributed by atoms with Gasteiger partial charge in [-0.3, -0.25) is 0 Å². The SMILES string of the molecule is CC(N[C@@H](C)c1cccc(Cl)c1)c1nc2ccccc2s1. The third-order valence-corrected chi connectivity index (χ3v) is 4.98. The molecule has 0 aliphatic carbocycles. The molecule has 0 aliphatic heterocycles. The summed E-state index contributed by atoms with van der Waals surface area (Å²) in [5, 5.41) is 5.48. The van der Waals surface area contributed by atoms with E-state index in [1.54, 1.807) is 11.3 Å². The average Bonchev–Trinajstić information content (AvgIpc) is 2.91. The van der Waals surface area contributed by atoms with Crippen LogP contribution in [-0.4, -0.2) is 4.98 Å². The van der Waals surface area contributed by atoms with E-state index in [-0.39, 0.29) is 12.1 Å². The van der Waals surface area contributed by atoms with Crippen molar-refractivity contribution in [2.75, 3.05) is 0 Å². The molecule has 3 rings (SSSR count). The molecule has 0 amide bonds. The zero-order valence-electron chi connectivity index (χ0n) is 12.0. The van der Waals surface area contributed by atoms with E-state index >= 15 is 0 Å². The van der Waals surface area contributed by atoms with Gasteiger partial charge in [0.25, 0.3) is 0 Å². The minimum absolute atomic E-state index is 0.205. The van der Waals surface area contributed by atoms with E-state index in [4.69, 9.17) is 16.6 Å². The number of nitrogens with one attached hydrogen (secondary N) is 1. The van der Waals surface area contributed by atoms with Gasteiger partial charge in [-0.2, -0.15) is 0 Å². The smallest absolute Gasteiger partial charge is 0.111 e. The summed E-state index contributed by atoms with van der Waals surface area (Å²) in [6.07, 6.45) is 0. The summed E-state index contributed by atoms with van der Waals surface area (Å²) in [7, 11) is 0. The predicted molar refractivity (Wildman–Crippen MR) is 91.0 cm³/mol. The molecule has 2 atom stereocenters. The van der Waals surface area contributed by atoms with Gasteiger partial charge in [0.1, 0.15) is 5.01 Å². The number of thiazole rings is 1. The third-order valence-electron chi connectivity index (χ3n) is 3.53. The van der Waals surface area contributed by atoms with E-state index in [2.05, 4.69) is 43.4 Å². The number of benzene rings is 2. The van der Waals surface area contributed by atoms with Crippen molar-refractivity contribution in [3.8, 4) is 0 Å². The Hall–Kier alpha value is -1.42. The zero-order valence-corrected chi connectivity index (χ0v) is 13.6.